The maximum Gasteiger partial charge on any atom is 0.242 e. The van der Waals surface area contributed by atoms with Gasteiger partial charge in [0.1, 0.15) is 23.6 Å². The van der Waals surface area contributed by atoms with Crippen LogP contribution in [0.2, 0.25) is 0 Å². The minimum Gasteiger partial charge on any atom is -0.497 e. The summed E-state index contributed by atoms with van der Waals surface area (Å²) >= 11 is 0. The maximum absolute atomic E-state index is 12.9. The highest BCUT2D eigenvalue weighted by atomic mass is 16.5. The van der Waals surface area contributed by atoms with E-state index in [1.54, 1.807) is 37.5 Å². The molecular formula is C20H23N3O4. The highest BCUT2D eigenvalue weighted by molar-refractivity contribution is 5.89. The molecule has 1 aromatic carbocycles. The van der Waals surface area contributed by atoms with Crippen LogP contribution in [0.25, 0.3) is 0 Å². The lowest BCUT2D eigenvalue weighted by Gasteiger charge is -2.23. The molecule has 1 N–H and O–H groups in total. The van der Waals surface area contributed by atoms with Gasteiger partial charge in [0.25, 0.3) is 0 Å². The monoisotopic (exact) mass is 369 g/mol. The van der Waals surface area contributed by atoms with Crippen molar-refractivity contribution >= 4 is 11.8 Å². The van der Waals surface area contributed by atoms with E-state index in [-0.39, 0.29) is 24.3 Å². The Balaban J connectivity index is 1.72. The molecule has 0 saturated carbocycles. The van der Waals surface area contributed by atoms with Crippen molar-refractivity contribution in [3.63, 3.8) is 0 Å². The van der Waals surface area contributed by atoms with Gasteiger partial charge in [-0.1, -0.05) is 12.1 Å². The molecule has 1 fully saturated rings. The number of carbonyl (C=O) groups excluding carboxylic acids is 2. The lowest BCUT2D eigenvalue weighted by Crippen LogP contribution is -2.45. The van der Waals surface area contributed by atoms with Gasteiger partial charge in [0.15, 0.2) is 0 Å². The first-order valence-corrected chi connectivity index (χ1v) is 8.81. The molecule has 142 valence electrons. The molecule has 0 aliphatic carbocycles. The molecule has 7 heteroatoms. The Kier molecular flexibility index (Phi) is 5.90. The van der Waals surface area contributed by atoms with Crippen LogP contribution in [0.4, 0.5) is 0 Å². The molecule has 27 heavy (non-hydrogen) atoms. The van der Waals surface area contributed by atoms with Crippen LogP contribution in [-0.4, -0.2) is 54.5 Å². The van der Waals surface area contributed by atoms with E-state index in [4.69, 9.17) is 9.47 Å². The van der Waals surface area contributed by atoms with Gasteiger partial charge in [0.2, 0.25) is 11.8 Å². The molecule has 1 saturated heterocycles. The zero-order valence-corrected chi connectivity index (χ0v) is 15.4. The number of pyridine rings is 1. The Morgan fingerprint density at radius 3 is 2.78 bits per heavy atom. The molecule has 0 radical (unpaired) electrons. The Bertz CT molecular complexity index is 797. The molecule has 7 nitrogen and oxygen atoms in total. The van der Waals surface area contributed by atoms with Gasteiger partial charge in [-0.2, -0.15) is 0 Å². The summed E-state index contributed by atoms with van der Waals surface area (Å²) in [7, 11) is 3.16. The number of aromatic nitrogens is 1. The second-order valence-electron chi connectivity index (χ2n) is 6.37. The van der Waals surface area contributed by atoms with Crippen molar-refractivity contribution in [1.82, 2.24) is 15.2 Å². The third kappa shape index (κ3) is 4.55. The molecule has 2 atom stereocenters. The number of hydrogen-bond donors (Lipinski definition) is 1. The average molecular weight is 369 g/mol. The number of benzene rings is 1. The summed E-state index contributed by atoms with van der Waals surface area (Å²) < 4.78 is 11.1. The van der Waals surface area contributed by atoms with Gasteiger partial charge < -0.3 is 19.7 Å². The van der Waals surface area contributed by atoms with Gasteiger partial charge in [-0.25, -0.2) is 0 Å². The molecular weight excluding hydrogens is 346 g/mol. The lowest BCUT2D eigenvalue weighted by molar-refractivity contribution is -0.137. The number of hydrogen-bond acceptors (Lipinski definition) is 5. The van der Waals surface area contributed by atoms with E-state index in [0.29, 0.717) is 24.5 Å². The summed E-state index contributed by atoms with van der Waals surface area (Å²) in [6.07, 6.45) is 3.67. The van der Waals surface area contributed by atoms with Crippen molar-refractivity contribution in [3.8, 4) is 11.5 Å². The maximum atomic E-state index is 12.9. The highest BCUT2D eigenvalue weighted by Crippen LogP contribution is 2.24. The summed E-state index contributed by atoms with van der Waals surface area (Å²) in [6.45, 7) is 0.357. The minimum absolute atomic E-state index is 0.117. The van der Waals surface area contributed by atoms with Gasteiger partial charge in [-0.3, -0.25) is 14.6 Å². The Hall–Kier alpha value is -3.09. The molecule has 0 bridgehead atoms. The molecule has 2 aromatic rings. The summed E-state index contributed by atoms with van der Waals surface area (Å²) in [5.74, 6) is 1.02. The number of carbonyl (C=O) groups is 2. The Morgan fingerprint density at radius 1 is 1.26 bits per heavy atom. The standard InChI is InChI=1S/C20H23N3O4/c1-21-20(25)18-11-17(27-16-7-4-8-22-12-16)13-23(18)19(24)10-14-5-3-6-15(9-14)26-2/h3-9,12,17-18H,10-11,13H2,1-2H3,(H,21,25)/t17-,18-/m0/s1. The third-order valence-electron chi connectivity index (χ3n) is 4.56. The van der Waals surface area contributed by atoms with Crippen LogP contribution in [0.3, 0.4) is 0 Å². The van der Waals surface area contributed by atoms with Crippen LogP contribution in [0, 0.1) is 0 Å². The number of methoxy groups -OCH3 is 1. The van der Waals surface area contributed by atoms with E-state index >= 15 is 0 Å². The molecule has 0 spiro atoms. The van der Waals surface area contributed by atoms with Crippen molar-refractivity contribution in [2.75, 3.05) is 20.7 Å². The van der Waals surface area contributed by atoms with E-state index in [1.165, 1.54) is 0 Å². The lowest BCUT2D eigenvalue weighted by atomic mass is 10.1. The fraction of sp³-hybridized carbons (Fsp3) is 0.350. The number of nitrogens with one attached hydrogen (secondary N) is 1. The highest BCUT2D eigenvalue weighted by Gasteiger charge is 2.40. The van der Waals surface area contributed by atoms with Gasteiger partial charge in [0.05, 0.1) is 26.3 Å². The fourth-order valence-electron chi connectivity index (χ4n) is 3.24. The van der Waals surface area contributed by atoms with E-state index in [1.807, 2.05) is 30.3 Å². The fourth-order valence-corrected chi connectivity index (χ4v) is 3.24. The molecule has 1 aliphatic heterocycles. The van der Waals surface area contributed by atoms with Gasteiger partial charge in [-0.15, -0.1) is 0 Å². The SMILES string of the molecule is CNC(=O)[C@@H]1C[C@H](Oc2cccnc2)CN1C(=O)Cc1cccc(OC)c1. The largest absolute Gasteiger partial charge is 0.497 e. The number of amides is 2. The second-order valence-corrected chi connectivity index (χ2v) is 6.37. The first kappa shape index (κ1) is 18.7. The number of nitrogens with zero attached hydrogens (tertiary/aromatic N) is 2. The topological polar surface area (TPSA) is 80.8 Å². The second kappa shape index (κ2) is 8.53. The van der Waals surface area contributed by atoms with Crippen molar-refractivity contribution in [2.45, 2.75) is 25.0 Å². The van der Waals surface area contributed by atoms with Crippen molar-refractivity contribution < 1.29 is 19.1 Å². The van der Waals surface area contributed by atoms with Crippen LogP contribution in [-0.2, 0) is 16.0 Å². The molecule has 3 rings (SSSR count). The predicted molar refractivity (Wildman–Crippen MR) is 99.5 cm³/mol. The number of rotatable bonds is 6. The summed E-state index contributed by atoms with van der Waals surface area (Å²) in [5.41, 5.74) is 0.839. The van der Waals surface area contributed by atoms with Crippen LogP contribution in [0.5, 0.6) is 11.5 Å². The van der Waals surface area contributed by atoms with Crippen molar-refractivity contribution in [1.29, 1.82) is 0 Å². The first-order valence-electron chi connectivity index (χ1n) is 8.81. The molecule has 1 aliphatic rings. The molecule has 2 heterocycles. The van der Waals surface area contributed by atoms with Crippen LogP contribution >= 0.6 is 0 Å². The van der Waals surface area contributed by atoms with Crippen LogP contribution in [0.15, 0.2) is 48.8 Å². The molecule has 0 unspecified atom stereocenters. The Morgan fingerprint density at radius 2 is 2.07 bits per heavy atom. The van der Waals surface area contributed by atoms with Crippen molar-refractivity contribution in [2.24, 2.45) is 0 Å². The first-order chi connectivity index (χ1) is 13.1. The van der Waals surface area contributed by atoms with Gasteiger partial charge >= 0.3 is 0 Å². The number of likely N-dealkylation sites (N-methyl/N-ethyl adjacent to an activating group) is 1. The third-order valence-corrected chi connectivity index (χ3v) is 4.56. The zero-order valence-electron chi connectivity index (χ0n) is 15.4. The summed E-state index contributed by atoms with van der Waals surface area (Å²) in [4.78, 5) is 30.8. The van der Waals surface area contributed by atoms with Gasteiger partial charge in [-0.05, 0) is 29.8 Å². The quantitative estimate of drug-likeness (QED) is 0.833. The molecule has 1 aromatic heterocycles. The summed E-state index contributed by atoms with van der Waals surface area (Å²) in [5, 5.41) is 2.64. The van der Waals surface area contributed by atoms with Crippen LogP contribution < -0.4 is 14.8 Å². The Labute approximate surface area is 158 Å². The minimum atomic E-state index is -0.547. The van der Waals surface area contributed by atoms with E-state index in [0.717, 1.165) is 5.56 Å². The average Bonchev–Trinajstić information content (AvgIpc) is 3.12. The molecule has 2 amide bonds. The van der Waals surface area contributed by atoms with E-state index in [2.05, 4.69) is 10.3 Å². The van der Waals surface area contributed by atoms with Crippen LogP contribution in [0.1, 0.15) is 12.0 Å². The number of ether oxygens (including phenoxy) is 2. The smallest absolute Gasteiger partial charge is 0.242 e. The number of likely N-dealkylation sites (tertiary alicyclic amines) is 1. The van der Waals surface area contributed by atoms with Gasteiger partial charge in [0, 0.05) is 19.7 Å². The van der Waals surface area contributed by atoms with E-state index < -0.39 is 6.04 Å². The van der Waals surface area contributed by atoms with E-state index in [9.17, 15) is 9.59 Å². The summed E-state index contributed by atoms with van der Waals surface area (Å²) in [6, 6.07) is 10.4. The normalized spacial score (nSPS) is 18.8. The zero-order chi connectivity index (χ0) is 19.2. The predicted octanol–water partition coefficient (Wildman–Crippen LogP) is 1.43. The van der Waals surface area contributed by atoms with Crippen molar-refractivity contribution in [3.05, 3.63) is 54.4 Å².